The first-order valence-corrected chi connectivity index (χ1v) is 9.14. The average Bonchev–Trinajstić information content (AvgIpc) is 3.21. The van der Waals surface area contributed by atoms with Gasteiger partial charge in [0, 0.05) is 25.4 Å². The van der Waals surface area contributed by atoms with Gasteiger partial charge >= 0.3 is 6.09 Å². The maximum Gasteiger partial charge on any atom is 0.412 e. The van der Waals surface area contributed by atoms with E-state index in [0.717, 1.165) is 36.6 Å². The van der Waals surface area contributed by atoms with Crippen molar-refractivity contribution in [3.8, 4) is 5.95 Å². The van der Waals surface area contributed by atoms with E-state index in [9.17, 15) is 4.79 Å². The van der Waals surface area contributed by atoms with Gasteiger partial charge in [0.2, 0.25) is 0 Å². The van der Waals surface area contributed by atoms with Crippen LogP contribution in [0, 0.1) is 13.8 Å². The van der Waals surface area contributed by atoms with Crippen molar-refractivity contribution in [3.05, 3.63) is 23.5 Å². The van der Waals surface area contributed by atoms with Crippen LogP contribution in [0.25, 0.3) is 5.95 Å². The number of hydrogen-bond donors (Lipinski definition) is 1. The summed E-state index contributed by atoms with van der Waals surface area (Å²) in [6, 6.07) is 3.96. The highest BCUT2D eigenvalue weighted by molar-refractivity contribution is 5.84. The Hall–Kier alpha value is -2.68. The summed E-state index contributed by atoms with van der Waals surface area (Å²) in [5, 5.41) is 7.14. The van der Waals surface area contributed by atoms with Gasteiger partial charge in [-0.15, -0.1) is 0 Å². The van der Waals surface area contributed by atoms with Crippen LogP contribution in [0.5, 0.6) is 0 Å². The lowest BCUT2D eigenvalue weighted by molar-refractivity contribution is 0.168. The minimum absolute atomic E-state index is 0.244. The SMILES string of the molecule is CCOC(=O)Nc1cc(N2CCC[C@@H]2COC)nc(-n2nc(C)cc2C)n1. The molecule has 9 nitrogen and oxygen atoms in total. The molecule has 1 N–H and O–H groups in total. The third kappa shape index (κ3) is 4.36. The summed E-state index contributed by atoms with van der Waals surface area (Å²) in [5.74, 6) is 1.52. The maximum atomic E-state index is 11.9. The van der Waals surface area contributed by atoms with Gasteiger partial charge in [-0.25, -0.2) is 9.48 Å². The van der Waals surface area contributed by atoms with Crippen LogP contribution in [-0.4, -0.2) is 58.8 Å². The third-order valence-corrected chi connectivity index (χ3v) is 4.44. The van der Waals surface area contributed by atoms with Gasteiger partial charge in [-0.3, -0.25) is 5.32 Å². The van der Waals surface area contributed by atoms with Gasteiger partial charge in [0.15, 0.2) is 0 Å². The molecule has 27 heavy (non-hydrogen) atoms. The van der Waals surface area contributed by atoms with Crippen molar-refractivity contribution in [2.45, 2.75) is 39.7 Å². The van der Waals surface area contributed by atoms with Crippen molar-refractivity contribution in [2.75, 3.05) is 37.1 Å². The molecule has 1 aliphatic heterocycles. The number of nitrogens with zero attached hydrogens (tertiary/aromatic N) is 5. The zero-order valence-electron chi connectivity index (χ0n) is 16.2. The van der Waals surface area contributed by atoms with E-state index in [0.29, 0.717) is 18.4 Å². The quantitative estimate of drug-likeness (QED) is 0.830. The smallest absolute Gasteiger partial charge is 0.412 e. The highest BCUT2D eigenvalue weighted by Crippen LogP contribution is 2.27. The van der Waals surface area contributed by atoms with Gasteiger partial charge in [-0.2, -0.15) is 15.1 Å². The van der Waals surface area contributed by atoms with Gasteiger partial charge in [0.25, 0.3) is 5.95 Å². The summed E-state index contributed by atoms with van der Waals surface area (Å²) >= 11 is 0. The molecule has 0 bridgehead atoms. The predicted molar refractivity (Wildman–Crippen MR) is 102 cm³/mol. The first-order valence-electron chi connectivity index (χ1n) is 9.14. The zero-order chi connectivity index (χ0) is 19.4. The highest BCUT2D eigenvalue weighted by Gasteiger charge is 2.27. The maximum absolute atomic E-state index is 11.9. The van der Waals surface area contributed by atoms with E-state index in [1.165, 1.54) is 0 Å². The summed E-state index contributed by atoms with van der Waals surface area (Å²) < 4.78 is 12.0. The van der Waals surface area contributed by atoms with E-state index in [-0.39, 0.29) is 12.6 Å². The number of nitrogens with one attached hydrogen (secondary N) is 1. The second-order valence-corrected chi connectivity index (χ2v) is 6.54. The Morgan fingerprint density at radius 1 is 1.33 bits per heavy atom. The van der Waals surface area contributed by atoms with Crippen LogP contribution in [0.3, 0.4) is 0 Å². The molecule has 9 heteroatoms. The largest absolute Gasteiger partial charge is 0.450 e. The van der Waals surface area contributed by atoms with Crippen LogP contribution >= 0.6 is 0 Å². The lowest BCUT2D eigenvalue weighted by Crippen LogP contribution is -2.34. The fourth-order valence-electron chi connectivity index (χ4n) is 3.33. The Kier molecular flexibility index (Phi) is 5.90. The molecule has 0 radical (unpaired) electrons. The number of methoxy groups -OCH3 is 1. The van der Waals surface area contributed by atoms with Crippen LogP contribution < -0.4 is 10.2 Å². The Labute approximate surface area is 158 Å². The molecule has 1 fully saturated rings. The molecule has 0 saturated carbocycles. The summed E-state index contributed by atoms with van der Waals surface area (Å²) in [6.07, 6.45) is 1.55. The molecule has 1 amide bonds. The molecular formula is C18H26N6O3. The Balaban J connectivity index is 2.00. The molecule has 3 rings (SSSR count). The van der Waals surface area contributed by atoms with Gasteiger partial charge in [0.1, 0.15) is 11.6 Å². The molecule has 1 aliphatic rings. The Morgan fingerprint density at radius 2 is 2.15 bits per heavy atom. The monoisotopic (exact) mass is 374 g/mol. The number of ether oxygens (including phenoxy) is 2. The second kappa shape index (κ2) is 8.34. The Morgan fingerprint density at radius 3 is 2.81 bits per heavy atom. The number of aryl methyl sites for hydroxylation is 2. The number of hydrogen-bond acceptors (Lipinski definition) is 7. The van der Waals surface area contributed by atoms with Crippen LogP contribution in [-0.2, 0) is 9.47 Å². The Bertz CT molecular complexity index is 806. The average molecular weight is 374 g/mol. The molecule has 0 aromatic carbocycles. The fourth-order valence-corrected chi connectivity index (χ4v) is 3.33. The fraction of sp³-hybridized carbons (Fsp3) is 0.556. The lowest BCUT2D eigenvalue weighted by atomic mass is 10.2. The van der Waals surface area contributed by atoms with E-state index in [2.05, 4.69) is 20.3 Å². The number of anilines is 2. The summed E-state index contributed by atoms with van der Waals surface area (Å²) in [5.41, 5.74) is 1.79. The topological polar surface area (TPSA) is 94.4 Å². The zero-order valence-corrected chi connectivity index (χ0v) is 16.2. The highest BCUT2D eigenvalue weighted by atomic mass is 16.5. The second-order valence-electron chi connectivity index (χ2n) is 6.54. The van der Waals surface area contributed by atoms with E-state index in [1.54, 1.807) is 24.8 Å². The first-order chi connectivity index (χ1) is 13.0. The van der Waals surface area contributed by atoms with Crippen molar-refractivity contribution in [1.29, 1.82) is 0 Å². The van der Waals surface area contributed by atoms with E-state index in [1.807, 2.05) is 19.9 Å². The van der Waals surface area contributed by atoms with E-state index in [4.69, 9.17) is 14.5 Å². The molecule has 0 unspecified atom stereocenters. The normalized spacial score (nSPS) is 16.6. The molecule has 0 aliphatic carbocycles. The van der Waals surface area contributed by atoms with Crippen molar-refractivity contribution in [2.24, 2.45) is 0 Å². The minimum atomic E-state index is -0.545. The van der Waals surface area contributed by atoms with Crippen molar-refractivity contribution >= 4 is 17.7 Å². The predicted octanol–water partition coefficient (Wildman–Crippen LogP) is 2.46. The molecule has 2 aromatic rings. The van der Waals surface area contributed by atoms with Crippen LogP contribution in [0.15, 0.2) is 12.1 Å². The van der Waals surface area contributed by atoms with Gasteiger partial charge in [0.05, 0.1) is 24.9 Å². The molecule has 3 heterocycles. The van der Waals surface area contributed by atoms with Gasteiger partial charge < -0.3 is 14.4 Å². The summed E-state index contributed by atoms with van der Waals surface area (Å²) in [7, 11) is 1.70. The van der Waals surface area contributed by atoms with E-state index < -0.39 is 6.09 Å². The number of aromatic nitrogens is 4. The summed E-state index contributed by atoms with van der Waals surface area (Å²) in [6.45, 7) is 7.40. The van der Waals surface area contributed by atoms with Crippen molar-refractivity contribution < 1.29 is 14.3 Å². The van der Waals surface area contributed by atoms with E-state index >= 15 is 0 Å². The lowest BCUT2D eigenvalue weighted by Gasteiger charge is -2.25. The van der Waals surface area contributed by atoms with Crippen molar-refractivity contribution in [3.63, 3.8) is 0 Å². The van der Waals surface area contributed by atoms with Gasteiger partial charge in [-0.1, -0.05) is 0 Å². The molecule has 1 atom stereocenters. The molecule has 146 valence electrons. The first kappa shape index (κ1) is 19.1. The molecule has 2 aromatic heterocycles. The standard InChI is InChI=1S/C18H26N6O3/c1-5-27-18(25)20-15-10-16(23-8-6-7-14(23)11-26-4)21-17(19-15)24-13(3)9-12(2)22-24/h9-10,14H,5-8,11H2,1-4H3,(H,19,20,21,25)/t14-/m1/s1. The van der Waals surface area contributed by atoms with Crippen LogP contribution in [0.4, 0.5) is 16.4 Å². The molecule has 0 spiro atoms. The van der Waals surface area contributed by atoms with Crippen LogP contribution in [0.2, 0.25) is 0 Å². The number of carbonyl (C=O) groups excluding carboxylic acids is 1. The van der Waals surface area contributed by atoms with Gasteiger partial charge in [-0.05, 0) is 39.7 Å². The third-order valence-electron chi connectivity index (χ3n) is 4.44. The minimum Gasteiger partial charge on any atom is -0.450 e. The van der Waals surface area contributed by atoms with Crippen molar-refractivity contribution in [1.82, 2.24) is 19.7 Å². The number of rotatable bonds is 6. The number of amides is 1. The molecular weight excluding hydrogens is 348 g/mol. The summed E-state index contributed by atoms with van der Waals surface area (Å²) in [4.78, 5) is 23.2. The molecule has 1 saturated heterocycles. The van der Waals surface area contributed by atoms with Crippen LogP contribution in [0.1, 0.15) is 31.2 Å². The number of carbonyl (C=O) groups is 1.